The van der Waals surface area contributed by atoms with Crippen molar-refractivity contribution in [2.45, 2.75) is 32.1 Å². The van der Waals surface area contributed by atoms with Crippen LogP contribution in [-0.2, 0) is 39.8 Å². The normalized spacial score (nSPS) is 17.8. The lowest BCUT2D eigenvalue weighted by Gasteiger charge is -2.21. The minimum Gasteiger partial charge on any atom is -0.376 e. The molecule has 4 nitrogen and oxygen atoms in total. The van der Waals surface area contributed by atoms with Crippen LogP contribution in [0.25, 0.3) is 21.3 Å². The lowest BCUT2D eigenvalue weighted by molar-refractivity contribution is 0.114. The highest BCUT2D eigenvalue weighted by molar-refractivity contribution is 7.90. The smallest absolute Gasteiger partial charge is 0.154 e. The maximum absolute atomic E-state index is 12.4. The van der Waals surface area contributed by atoms with Crippen LogP contribution in [0.5, 0.6) is 0 Å². The van der Waals surface area contributed by atoms with Crippen LogP contribution in [0.4, 0.5) is 0 Å². The van der Waals surface area contributed by atoms with Crippen molar-refractivity contribution in [3.63, 3.8) is 0 Å². The van der Waals surface area contributed by atoms with Gasteiger partial charge in [-0.2, -0.15) is 0 Å². The van der Waals surface area contributed by atoms with E-state index in [4.69, 9.17) is 9.72 Å². The summed E-state index contributed by atoms with van der Waals surface area (Å²) >= 11 is 1.70. The summed E-state index contributed by atoms with van der Waals surface area (Å²) in [6.45, 7) is 3.41. The van der Waals surface area contributed by atoms with Crippen LogP contribution in [0.15, 0.2) is 24.3 Å². The summed E-state index contributed by atoms with van der Waals surface area (Å²) in [5.41, 5.74) is 6.50. The molecule has 2 aliphatic rings. The lowest BCUT2D eigenvalue weighted by Crippen LogP contribution is -2.21. The summed E-state index contributed by atoms with van der Waals surface area (Å²) < 4.78 is 30.4. The molecule has 0 saturated heterocycles. The third kappa shape index (κ3) is 3.18. The Labute approximate surface area is 168 Å². The fourth-order valence-electron chi connectivity index (χ4n) is 3.99. The van der Waals surface area contributed by atoms with Gasteiger partial charge in [-0.3, -0.25) is 0 Å². The molecule has 0 saturated carbocycles. The molecular formula is C20H20ClNO3S2. The lowest BCUT2D eigenvalue weighted by atomic mass is 9.92. The average molecular weight is 422 g/mol. The van der Waals surface area contributed by atoms with E-state index >= 15 is 0 Å². The number of sulfone groups is 1. The van der Waals surface area contributed by atoms with Gasteiger partial charge in [-0.1, -0.05) is 29.8 Å². The van der Waals surface area contributed by atoms with Gasteiger partial charge in [0.25, 0.3) is 0 Å². The quantitative estimate of drug-likeness (QED) is 0.589. The van der Waals surface area contributed by atoms with Gasteiger partial charge in [-0.25, -0.2) is 13.4 Å². The zero-order valence-corrected chi connectivity index (χ0v) is 17.4. The number of benzene rings is 1. The van der Waals surface area contributed by atoms with E-state index in [1.807, 2.05) is 0 Å². The number of rotatable bonds is 1. The molecule has 0 N–H and O–H groups in total. The van der Waals surface area contributed by atoms with E-state index in [0.717, 1.165) is 39.0 Å². The Hall–Kier alpha value is -1.47. The Morgan fingerprint density at radius 3 is 2.67 bits per heavy atom. The van der Waals surface area contributed by atoms with Crippen LogP contribution in [0, 0.1) is 6.92 Å². The number of hydrogen-bond acceptors (Lipinski definition) is 5. The van der Waals surface area contributed by atoms with Gasteiger partial charge in [0.05, 0.1) is 24.7 Å². The molecule has 0 aliphatic carbocycles. The van der Waals surface area contributed by atoms with Crippen molar-refractivity contribution in [2.75, 3.05) is 12.4 Å². The molecule has 5 rings (SSSR count). The summed E-state index contributed by atoms with van der Waals surface area (Å²) in [5, 5.41) is 1.15. The van der Waals surface area contributed by atoms with Crippen LogP contribution in [0.3, 0.4) is 0 Å². The van der Waals surface area contributed by atoms with Gasteiger partial charge in [-0.15, -0.1) is 23.7 Å². The number of halogens is 1. The summed E-state index contributed by atoms with van der Waals surface area (Å²) in [6, 6.07) is 8.39. The van der Waals surface area contributed by atoms with Gasteiger partial charge in [-0.05, 0) is 35.6 Å². The molecule has 0 spiro atoms. The molecule has 2 aromatic heterocycles. The molecule has 0 bridgehead atoms. The van der Waals surface area contributed by atoms with E-state index in [1.54, 1.807) is 11.3 Å². The number of aryl methyl sites for hydroxylation is 2. The van der Waals surface area contributed by atoms with Crippen molar-refractivity contribution in [3.05, 3.63) is 51.5 Å². The van der Waals surface area contributed by atoms with Crippen molar-refractivity contribution in [2.24, 2.45) is 0 Å². The first-order valence-corrected chi connectivity index (χ1v) is 11.5. The number of nitrogens with zero attached hydrogens (tertiary/aromatic N) is 1. The van der Waals surface area contributed by atoms with Crippen LogP contribution in [-0.4, -0.2) is 25.8 Å². The summed E-state index contributed by atoms with van der Waals surface area (Å²) in [5.74, 6) is 0.287. The number of aromatic nitrogens is 1. The Morgan fingerprint density at radius 1 is 1.11 bits per heavy atom. The minimum absolute atomic E-state index is 0. The molecule has 0 amide bonds. The van der Waals surface area contributed by atoms with E-state index in [0.29, 0.717) is 19.6 Å². The number of fused-ring (bicyclic) bond motifs is 4. The molecule has 0 radical (unpaired) electrons. The highest BCUT2D eigenvalue weighted by atomic mass is 35.5. The van der Waals surface area contributed by atoms with Crippen molar-refractivity contribution < 1.29 is 13.2 Å². The van der Waals surface area contributed by atoms with Crippen molar-refractivity contribution in [1.29, 1.82) is 0 Å². The topological polar surface area (TPSA) is 56.3 Å². The molecule has 2 aliphatic heterocycles. The molecular weight excluding hydrogens is 402 g/mol. The molecule has 7 heteroatoms. The second-order valence-electron chi connectivity index (χ2n) is 7.11. The SMILES string of the molecule is Cc1ccc(-c2c3c(nc4sc5c(c24)CCOC5)CCS(=O)(=O)C3)cc1.Cl. The number of ether oxygens (including phenoxy) is 1. The maximum Gasteiger partial charge on any atom is 0.154 e. The number of hydrogen-bond donors (Lipinski definition) is 0. The third-order valence-corrected chi connectivity index (χ3v) is 7.95. The Morgan fingerprint density at radius 2 is 1.89 bits per heavy atom. The van der Waals surface area contributed by atoms with Gasteiger partial charge >= 0.3 is 0 Å². The molecule has 0 atom stereocenters. The van der Waals surface area contributed by atoms with Gasteiger partial charge in [0, 0.05) is 22.4 Å². The fraction of sp³-hybridized carbons (Fsp3) is 0.350. The predicted molar refractivity (Wildman–Crippen MR) is 112 cm³/mol. The molecule has 4 heterocycles. The highest BCUT2D eigenvalue weighted by Crippen LogP contribution is 2.43. The van der Waals surface area contributed by atoms with Gasteiger partial charge < -0.3 is 4.74 Å². The van der Waals surface area contributed by atoms with E-state index < -0.39 is 9.84 Å². The van der Waals surface area contributed by atoms with Crippen molar-refractivity contribution in [3.8, 4) is 11.1 Å². The average Bonchev–Trinajstić information content (AvgIpc) is 2.98. The first-order valence-electron chi connectivity index (χ1n) is 8.83. The monoisotopic (exact) mass is 421 g/mol. The molecule has 0 fully saturated rings. The fourth-order valence-corrected chi connectivity index (χ4v) is 6.57. The molecule has 27 heavy (non-hydrogen) atoms. The zero-order chi connectivity index (χ0) is 17.9. The van der Waals surface area contributed by atoms with E-state index in [-0.39, 0.29) is 23.9 Å². The summed E-state index contributed by atoms with van der Waals surface area (Å²) in [7, 11) is -3.07. The standard InChI is InChI=1S/C20H19NO3S2.ClH/c1-12-2-4-13(5-3-12)18-15-11-26(22,23)9-7-16(15)21-20-19(18)14-6-8-24-10-17(14)25-20;/h2-5H,6-11H2,1H3;1H. The third-order valence-electron chi connectivity index (χ3n) is 5.29. The van der Waals surface area contributed by atoms with Crippen LogP contribution < -0.4 is 0 Å². The second-order valence-corrected chi connectivity index (χ2v) is 10.4. The largest absolute Gasteiger partial charge is 0.376 e. The first kappa shape index (κ1) is 18.9. The Balaban J connectivity index is 0.00000180. The Kier molecular flexibility index (Phi) is 4.79. The minimum atomic E-state index is -3.07. The van der Waals surface area contributed by atoms with Gasteiger partial charge in [0.15, 0.2) is 9.84 Å². The summed E-state index contributed by atoms with van der Waals surface area (Å²) in [4.78, 5) is 7.14. The summed E-state index contributed by atoms with van der Waals surface area (Å²) in [6.07, 6.45) is 1.37. The molecule has 1 aromatic carbocycles. The van der Waals surface area contributed by atoms with Crippen LogP contribution in [0.2, 0.25) is 0 Å². The van der Waals surface area contributed by atoms with Crippen LogP contribution >= 0.6 is 23.7 Å². The van der Waals surface area contributed by atoms with Gasteiger partial charge in [0.2, 0.25) is 0 Å². The number of thiophene rings is 1. The zero-order valence-electron chi connectivity index (χ0n) is 14.9. The maximum atomic E-state index is 12.4. The molecule has 0 unspecified atom stereocenters. The van der Waals surface area contributed by atoms with E-state index in [9.17, 15) is 8.42 Å². The predicted octanol–water partition coefficient (Wildman–Crippen LogP) is 4.24. The van der Waals surface area contributed by atoms with Gasteiger partial charge in [0.1, 0.15) is 4.83 Å². The molecule has 3 aromatic rings. The highest BCUT2D eigenvalue weighted by Gasteiger charge is 2.30. The van der Waals surface area contributed by atoms with E-state index in [2.05, 4.69) is 31.2 Å². The first-order chi connectivity index (χ1) is 12.5. The number of pyridine rings is 1. The van der Waals surface area contributed by atoms with Crippen molar-refractivity contribution in [1.82, 2.24) is 4.98 Å². The van der Waals surface area contributed by atoms with E-state index in [1.165, 1.54) is 16.0 Å². The molecule has 142 valence electrons. The van der Waals surface area contributed by atoms with Crippen molar-refractivity contribution >= 4 is 43.8 Å². The van der Waals surface area contributed by atoms with Crippen LogP contribution in [0.1, 0.15) is 27.3 Å². The second kappa shape index (κ2) is 6.85. The Bertz CT molecular complexity index is 1130.